The minimum atomic E-state index is 0.127. The number of H-pyrrole nitrogens is 1. The standard InChI is InChI=1S/C23H34N4O/c1-17(2)26-13-9-20(10-14-26)27-12-4-6-19(16-27)23(28)25-15-18-5-3-7-22-21(18)8-11-24-22/h3,5,7-8,11,17,19-20,24H,4,6,9-10,12-16H2,1-2H3,(H,25,28)/t19-/m1/s1. The molecular weight excluding hydrogens is 348 g/mol. The van der Waals surface area contributed by atoms with Crippen LogP contribution in [0.1, 0.15) is 45.1 Å². The van der Waals surface area contributed by atoms with Crippen LogP contribution in [-0.4, -0.2) is 59.0 Å². The Bertz CT molecular complexity index is 791. The first kappa shape index (κ1) is 19.5. The van der Waals surface area contributed by atoms with E-state index in [0.29, 0.717) is 18.6 Å². The number of nitrogens with zero attached hydrogens (tertiary/aromatic N) is 2. The molecule has 5 heteroatoms. The van der Waals surface area contributed by atoms with Crippen LogP contribution in [0.3, 0.4) is 0 Å². The molecule has 0 unspecified atom stereocenters. The summed E-state index contributed by atoms with van der Waals surface area (Å²) >= 11 is 0. The summed E-state index contributed by atoms with van der Waals surface area (Å²) in [4.78, 5) is 21.3. The first-order valence-corrected chi connectivity index (χ1v) is 10.9. The molecule has 1 aromatic carbocycles. The fourth-order valence-corrected chi connectivity index (χ4v) is 4.95. The molecule has 2 saturated heterocycles. The third-order valence-electron chi connectivity index (χ3n) is 6.71. The van der Waals surface area contributed by atoms with Crippen LogP contribution >= 0.6 is 0 Å². The zero-order chi connectivity index (χ0) is 19.5. The molecule has 1 aromatic heterocycles. The average molecular weight is 383 g/mol. The highest BCUT2D eigenvalue weighted by atomic mass is 16.1. The van der Waals surface area contributed by atoms with Gasteiger partial charge in [-0.15, -0.1) is 0 Å². The minimum absolute atomic E-state index is 0.127. The van der Waals surface area contributed by atoms with E-state index in [2.05, 4.69) is 52.1 Å². The Hall–Kier alpha value is -1.85. The molecule has 5 nitrogen and oxygen atoms in total. The zero-order valence-corrected chi connectivity index (χ0v) is 17.3. The van der Waals surface area contributed by atoms with Crippen LogP contribution in [0, 0.1) is 5.92 Å². The van der Waals surface area contributed by atoms with Gasteiger partial charge in [-0.05, 0) is 76.9 Å². The normalized spacial score (nSPS) is 22.8. The summed E-state index contributed by atoms with van der Waals surface area (Å²) in [6.45, 7) is 9.64. The van der Waals surface area contributed by atoms with Crippen LogP contribution in [0.2, 0.25) is 0 Å². The Morgan fingerprint density at radius 1 is 1.18 bits per heavy atom. The molecule has 2 aliphatic heterocycles. The first-order chi connectivity index (χ1) is 13.6. The lowest BCUT2D eigenvalue weighted by Gasteiger charge is -2.43. The fourth-order valence-electron chi connectivity index (χ4n) is 4.95. The third kappa shape index (κ3) is 4.26. The molecule has 1 atom stereocenters. The van der Waals surface area contributed by atoms with Gasteiger partial charge in [0, 0.05) is 42.3 Å². The molecule has 152 valence electrons. The maximum Gasteiger partial charge on any atom is 0.224 e. The van der Waals surface area contributed by atoms with E-state index in [9.17, 15) is 4.79 Å². The van der Waals surface area contributed by atoms with Crippen LogP contribution in [0.4, 0.5) is 0 Å². The number of carbonyl (C=O) groups is 1. The molecule has 0 saturated carbocycles. The van der Waals surface area contributed by atoms with Crippen molar-refractivity contribution in [1.29, 1.82) is 0 Å². The molecule has 1 amide bonds. The maximum absolute atomic E-state index is 12.9. The number of piperidine rings is 2. The highest BCUT2D eigenvalue weighted by Crippen LogP contribution is 2.25. The summed E-state index contributed by atoms with van der Waals surface area (Å²) < 4.78 is 0. The van der Waals surface area contributed by atoms with E-state index < -0.39 is 0 Å². The van der Waals surface area contributed by atoms with Crippen molar-refractivity contribution < 1.29 is 4.79 Å². The molecule has 4 rings (SSSR count). The van der Waals surface area contributed by atoms with Gasteiger partial charge in [0.2, 0.25) is 5.91 Å². The summed E-state index contributed by atoms with van der Waals surface area (Å²) in [5.41, 5.74) is 2.31. The van der Waals surface area contributed by atoms with Crippen molar-refractivity contribution in [1.82, 2.24) is 20.1 Å². The first-order valence-electron chi connectivity index (χ1n) is 10.9. The van der Waals surface area contributed by atoms with Crippen molar-refractivity contribution in [3.8, 4) is 0 Å². The van der Waals surface area contributed by atoms with Crippen molar-refractivity contribution >= 4 is 16.8 Å². The quantitative estimate of drug-likeness (QED) is 0.834. The molecule has 0 aliphatic carbocycles. The van der Waals surface area contributed by atoms with Crippen molar-refractivity contribution in [2.75, 3.05) is 26.2 Å². The van der Waals surface area contributed by atoms with Gasteiger partial charge in [0.15, 0.2) is 0 Å². The van der Waals surface area contributed by atoms with Crippen LogP contribution < -0.4 is 5.32 Å². The highest BCUT2D eigenvalue weighted by Gasteiger charge is 2.31. The molecule has 28 heavy (non-hydrogen) atoms. The van der Waals surface area contributed by atoms with Crippen LogP contribution in [0.25, 0.3) is 10.9 Å². The summed E-state index contributed by atoms with van der Waals surface area (Å²) in [6.07, 6.45) is 6.58. The Balaban J connectivity index is 1.30. The molecule has 0 spiro atoms. The van der Waals surface area contributed by atoms with E-state index in [1.807, 2.05) is 12.3 Å². The number of aromatic nitrogens is 1. The molecule has 3 heterocycles. The monoisotopic (exact) mass is 382 g/mol. The van der Waals surface area contributed by atoms with Gasteiger partial charge in [0.05, 0.1) is 5.92 Å². The molecule has 2 aromatic rings. The van der Waals surface area contributed by atoms with Gasteiger partial charge in [0.1, 0.15) is 0 Å². The Morgan fingerprint density at radius 3 is 2.79 bits per heavy atom. The van der Waals surface area contributed by atoms with Crippen LogP contribution in [0.15, 0.2) is 30.5 Å². The van der Waals surface area contributed by atoms with Gasteiger partial charge in [-0.2, -0.15) is 0 Å². The molecule has 2 aliphatic rings. The van der Waals surface area contributed by atoms with E-state index in [4.69, 9.17) is 0 Å². The summed E-state index contributed by atoms with van der Waals surface area (Å²) in [6, 6.07) is 9.61. The number of benzene rings is 1. The Labute approximate surface area is 168 Å². The predicted molar refractivity (Wildman–Crippen MR) is 114 cm³/mol. The second-order valence-corrected chi connectivity index (χ2v) is 8.77. The number of aromatic amines is 1. The molecule has 0 bridgehead atoms. The number of amides is 1. The molecule has 2 fully saturated rings. The molecular formula is C23H34N4O. The predicted octanol–water partition coefficient (Wildman–Crippen LogP) is 3.37. The van der Waals surface area contributed by atoms with Gasteiger partial charge in [-0.3, -0.25) is 9.69 Å². The third-order valence-corrected chi connectivity index (χ3v) is 6.71. The second-order valence-electron chi connectivity index (χ2n) is 8.77. The number of hydrogen-bond donors (Lipinski definition) is 2. The number of fused-ring (bicyclic) bond motifs is 1. The second kappa shape index (κ2) is 8.66. The highest BCUT2D eigenvalue weighted by molar-refractivity contribution is 5.84. The number of carbonyl (C=O) groups excluding carboxylic acids is 1. The lowest BCUT2D eigenvalue weighted by atomic mass is 9.93. The van der Waals surface area contributed by atoms with Crippen molar-refractivity contribution in [3.05, 3.63) is 36.0 Å². The number of hydrogen-bond acceptors (Lipinski definition) is 3. The van der Waals surface area contributed by atoms with E-state index in [0.717, 1.165) is 31.4 Å². The molecule has 0 radical (unpaired) electrons. The number of likely N-dealkylation sites (tertiary alicyclic amines) is 2. The van der Waals surface area contributed by atoms with E-state index in [1.165, 1.54) is 36.9 Å². The lowest BCUT2D eigenvalue weighted by Crippen LogP contribution is -2.51. The van der Waals surface area contributed by atoms with Crippen LogP contribution in [0.5, 0.6) is 0 Å². The van der Waals surface area contributed by atoms with Gasteiger partial charge in [0.25, 0.3) is 0 Å². The van der Waals surface area contributed by atoms with E-state index in [1.54, 1.807) is 0 Å². The van der Waals surface area contributed by atoms with Gasteiger partial charge >= 0.3 is 0 Å². The fraction of sp³-hybridized carbons (Fsp3) is 0.609. The smallest absolute Gasteiger partial charge is 0.224 e. The zero-order valence-electron chi connectivity index (χ0n) is 17.3. The van der Waals surface area contributed by atoms with Crippen molar-refractivity contribution in [3.63, 3.8) is 0 Å². The average Bonchev–Trinajstić information content (AvgIpc) is 3.21. The Kier molecular flexibility index (Phi) is 6.02. The van der Waals surface area contributed by atoms with Crippen molar-refractivity contribution in [2.24, 2.45) is 5.92 Å². The minimum Gasteiger partial charge on any atom is -0.361 e. The Morgan fingerprint density at radius 2 is 2.00 bits per heavy atom. The summed E-state index contributed by atoms with van der Waals surface area (Å²) in [5, 5.41) is 4.41. The topological polar surface area (TPSA) is 51.4 Å². The SMILES string of the molecule is CC(C)N1CCC(N2CCC[C@@H](C(=O)NCc3cccc4[nH]ccc34)C2)CC1. The van der Waals surface area contributed by atoms with E-state index in [-0.39, 0.29) is 11.8 Å². The molecule has 2 N–H and O–H groups in total. The van der Waals surface area contributed by atoms with Gasteiger partial charge in [-0.1, -0.05) is 12.1 Å². The number of rotatable bonds is 5. The van der Waals surface area contributed by atoms with Crippen molar-refractivity contribution in [2.45, 2.75) is 58.2 Å². The largest absolute Gasteiger partial charge is 0.361 e. The van der Waals surface area contributed by atoms with Gasteiger partial charge < -0.3 is 15.2 Å². The van der Waals surface area contributed by atoms with Gasteiger partial charge in [-0.25, -0.2) is 0 Å². The summed E-state index contributed by atoms with van der Waals surface area (Å²) in [5.74, 6) is 0.346. The maximum atomic E-state index is 12.9. The van der Waals surface area contributed by atoms with Crippen LogP contribution in [-0.2, 0) is 11.3 Å². The lowest BCUT2D eigenvalue weighted by molar-refractivity contribution is -0.127. The number of nitrogens with one attached hydrogen (secondary N) is 2. The van der Waals surface area contributed by atoms with E-state index >= 15 is 0 Å². The summed E-state index contributed by atoms with van der Waals surface area (Å²) in [7, 11) is 0.